The molecule has 0 fully saturated rings. The van der Waals surface area contributed by atoms with E-state index in [-0.39, 0.29) is 29.7 Å². The van der Waals surface area contributed by atoms with Crippen LogP contribution in [-0.4, -0.2) is 30.5 Å². The van der Waals surface area contributed by atoms with Gasteiger partial charge in [0.25, 0.3) is 0 Å². The number of nitrogens with one attached hydrogen (secondary N) is 1. The molecule has 104 valence electrons. The maximum absolute atomic E-state index is 13.4. The van der Waals surface area contributed by atoms with Gasteiger partial charge in [0.2, 0.25) is 5.91 Å². The number of anilines is 1. The van der Waals surface area contributed by atoms with Crippen molar-refractivity contribution >= 4 is 45.3 Å². The van der Waals surface area contributed by atoms with Gasteiger partial charge in [0.1, 0.15) is 5.82 Å². The fourth-order valence-electron chi connectivity index (χ4n) is 1.18. The zero-order chi connectivity index (χ0) is 14.3. The van der Waals surface area contributed by atoms with Gasteiger partial charge in [-0.15, -0.1) is 11.8 Å². The molecule has 1 N–H and O–H groups in total. The molecule has 0 bridgehead atoms. The molecule has 1 aromatic carbocycles. The Morgan fingerprint density at radius 3 is 2.84 bits per heavy atom. The van der Waals surface area contributed by atoms with E-state index >= 15 is 0 Å². The van der Waals surface area contributed by atoms with Gasteiger partial charge in [-0.2, -0.15) is 0 Å². The van der Waals surface area contributed by atoms with Gasteiger partial charge in [0.05, 0.1) is 18.6 Å². The Labute approximate surface area is 123 Å². The third kappa shape index (κ3) is 6.07. The average Bonchev–Trinajstić information content (AvgIpc) is 2.37. The van der Waals surface area contributed by atoms with E-state index in [0.29, 0.717) is 10.2 Å². The lowest BCUT2D eigenvalue weighted by Gasteiger charge is -2.06. The second-order valence-corrected chi connectivity index (χ2v) is 5.57. The van der Waals surface area contributed by atoms with E-state index in [9.17, 15) is 14.0 Å². The predicted molar refractivity (Wildman–Crippen MR) is 76.7 cm³/mol. The molecule has 1 rings (SSSR count). The number of thioether (sulfide) groups is 1. The minimum Gasteiger partial charge on any atom is -0.468 e. The van der Waals surface area contributed by atoms with Crippen LogP contribution in [0.2, 0.25) is 0 Å². The summed E-state index contributed by atoms with van der Waals surface area (Å²) in [6, 6.07) is 4.41. The Kier molecular flexibility index (Phi) is 6.86. The van der Waals surface area contributed by atoms with Crippen LogP contribution in [0.3, 0.4) is 0 Å². The van der Waals surface area contributed by atoms with Gasteiger partial charge in [-0.05, 0) is 18.2 Å². The standard InChI is InChI=1S/C12H13BrFNO3S/c1-18-12(17)7-19-5-4-11(16)15-10-3-2-8(13)6-9(10)14/h2-3,6H,4-5,7H2,1H3,(H,15,16). The van der Waals surface area contributed by atoms with Gasteiger partial charge in [0.15, 0.2) is 0 Å². The Morgan fingerprint density at radius 1 is 1.47 bits per heavy atom. The molecule has 0 aliphatic rings. The Bertz CT molecular complexity index is 470. The number of rotatable bonds is 6. The van der Waals surface area contributed by atoms with Crippen LogP contribution < -0.4 is 5.32 Å². The normalized spacial score (nSPS) is 10.1. The van der Waals surface area contributed by atoms with Crippen LogP contribution in [0, 0.1) is 5.82 Å². The summed E-state index contributed by atoms with van der Waals surface area (Å²) in [4.78, 5) is 22.4. The van der Waals surface area contributed by atoms with Crippen molar-refractivity contribution in [2.45, 2.75) is 6.42 Å². The SMILES string of the molecule is COC(=O)CSCCC(=O)Nc1ccc(Br)cc1F. The van der Waals surface area contributed by atoms with Gasteiger partial charge in [-0.25, -0.2) is 4.39 Å². The summed E-state index contributed by atoms with van der Waals surface area (Å²) in [5, 5.41) is 2.48. The molecular weight excluding hydrogens is 337 g/mol. The number of halogens is 2. The first-order chi connectivity index (χ1) is 9.02. The number of hydrogen-bond acceptors (Lipinski definition) is 4. The molecule has 0 spiro atoms. The molecule has 4 nitrogen and oxygen atoms in total. The third-order valence-corrected chi connectivity index (χ3v) is 3.55. The van der Waals surface area contributed by atoms with Gasteiger partial charge >= 0.3 is 5.97 Å². The van der Waals surface area contributed by atoms with E-state index in [1.807, 2.05) is 0 Å². The maximum Gasteiger partial charge on any atom is 0.315 e. The first-order valence-electron chi connectivity index (χ1n) is 5.42. The van der Waals surface area contributed by atoms with Crippen LogP contribution >= 0.6 is 27.7 Å². The maximum atomic E-state index is 13.4. The number of carbonyl (C=O) groups excluding carboxylic acids is 2. The van der Waals surface area contributed by atoms with Crippen LogP contribution in [0.1, 0.15) is 6.42 Å². The molecule has 7 heteroatoms. The summed E-state index contributed by atoms with van der Waals surface area (Å²) in [6.07, 6.45) is 0.206. The summed E-state index contributed by atoms with van der Waals surface area (Å²) >= 11 is 4.43. The number of ether oxygens (including phenoxy) is 1. The van der Waals surface area contributed by atoms with E-state index < -0.39 is 5.82 Å². The van der Waals surface area contributed by atoms with Crippen LogP contribution in [-0.2, 0) is 14.3 Å². The molecular formula is C12H13BrFNO3S. The van der Waals surface area contributed by atoms with E-state index in [4.69, 9.17) is 0 Å². The van der Waals surface area contributed by atoms with Crippen molar-refractivity contribution in [1.82, 2.24) is 0 Å². The molecule has 1 amide bonds. The Balaban J connectivity index is 2.33. The van der Waals surface area contributed by atoms with Gasteiger partial charge in [-0.3, -0.25) is 9.59 Å². The van der Waals surface area contributed by atoms with Crippen molar-refractivity contribution in [3.63, 3.8) is 0 Å². The molecule has 19 heavy (non-hydrogen) atoms. The minimum atomic E-state index is -0.495. The van der Waals surface area contributed by atoms with Gasteiger partial charge < -0.3 is 10.1 Å². The highest BCUT2D eigenvalue weighted by Crippen LogP contribution is 2.19. The lowest BCUT2D eigenvalue weighted by molar-refractivity contribution is -0.137. The second kappa shape index (κ2) is 8.16. The zero-order valence-corrected chi connectivity index (χ0v) is 12.6. The molecule has 1 aromatic rings. The Hall–Kier alpha value is -1.08. The topological polar surface area (TPSA) is 55.4 Å². The molecule has 0 radical (unpaired) electrons. The van der Waals surface area contributed by atoms with Crippen molar-refractivity contribution in [2.24, 2.45) is 0 Å². The summed E-state index contributed by atoms with van der Waals surface area (Å²) in [7, 11) is 1.31. The number of benzene rings is 1. The lowest BCUT2D eigenvalue weighted by Crippen LogP contribution is -2.14. The molecule has 0 aliphatic heterocycles. The minimum absolute atomic E-state index is 0.145. The molecule has 0 saturated heterocycles. The van der Waals surface area contributed by atoms with E-state index in [2.05, 4.69) is 26.0 Å². The molecule has 0 atom stereocenters. The van der Waals surface area contributed by atoms with Crippen LogP contribution in [0.25, 0.3) is 0 Å². The molecule has 0 aromatic heterocycles. The highest BCUT2D eigenvalue weighted by molar-refractivity contribution is 9.10. The number of amides is 1. The number of esters is 1. The largest absolute Gasteiger partial charge is 0.468 e. The number of methoxy groups -OCH3 is 1. The van der Waals surface area contributed by atoms with Gasteiger partial charge in [0, 0.05) is 16.6 Å². The Morgan fingerprint density at radius 2 is 2.21 bits per heavy atom. The molecule has 0 aliphatic carbocycles. The first-order valence-corrected chi connectivity index (χ1v) is 7.37. The highest BCUT2D eigenvalue weighted by Gasteiger charge is 2.08. The fraction of sp³-hybridized carbons (Fsp3) is 0.333. The average molecular weight is 350 g/mol. The quantitative estimate of drug-likeness (QED) is 0.633. The van der Waals surface area contributed by atoms with Gasteiger partial charge in [-0.1, -0.05) is 15.9 Å². The highest BCUT2D eigenvalue weighted by atomic mass is 79.9. The van der Waals surface area contributed by atoms with Crippen LogP contribution in [0.5, 0.6) is 0 Å². The van der Waals surface area contributed by atoms with E-state index in [1.54, 1.807) is 6.07 Å². The summed E-state index contributed by atoms with van der Waals surface area (Å²) < 4.78 is 18.5. The fourth-order valence-corrected chi connectivity index (χ4v) is 2.27. The van der Waals surface area contributed by atoms with Crippen molar-refractivity contribution < 1.29 is 18.7 Å². The molecule has 0 unspecified atom stereocenters. The van der Waals surface area contributed by atoms with Crippen molar-refractivity contribution in [3.05, 3.63) is 28.5 Å². The summed E-state index contributed by atoms with van der Waals surface area (Å²) in [5.74, 6) is -0.442. The summed E-state index contributed by atoms with van der Waals surface area (Å²) in [5.41, 5.74) is 0.145. The third-order valence-electron chi connectivity index (χ3n) is 2.13. The van der Waals surface area contributed by atoms with Crippen molar-refractivity contribution in [2.75, 3.05) is 23.9 Å². The van der Waals surface area contributed by atoms with Crippen LogP contribution in [0.4, 0.5) is 10.1 Å². The second-order valence-electron chi connectivity index (χ2n) is 3.55. The summed E-state index contributed by atoms with van der Waals surface area (Å²) in [6.45, 7) is 0. The zero-order valence-electron chi connectivity index (χ0n) is 10.2. The van der Waals surface area contributed by atoms with Crippen molar-refractivity contribution in [3.8, 4) is 0 Å². The van der Waals surface area contributed by atoms with Crippen molar-refractivity contribution in [1.29, 1.82) is 0 Å². The number of carbonyl (C=O) groups is 2. The number of hydrogen-bond donors (Lipinski definition) is 1. The van der Waals surface area contributed by atoms with E-state index in [1.165, 1.54) is 31.0 Å². The first kappa shape index (κ1) is 16.0. The lowest BCUT2D eigenvalue weighted by atomic mass is 10.3. The molecule has 0 heterocycles. The smallest absolute Gasteiger partial charge is 0.315 e. The van der Waals surface area contributed by atoms with Crippen LogP contribution in [0.15, 0.2) is 22.7 Å². The predicted octanol–water partition coefficient (Wildman–Crippen LogP) is 2.82. The van der Waals surface area contributed by atoms with E-state index in [0.717, 1.165) is 0 Å². The monoisotopic (exact) mass is 349 g/mol. The molecule has 0 saturated carbocycles.